The molecule has 3 unspecified atom stereocenters. The number of halogens is 3. The zero-order chi connectivity index (χ0) is 26.1. The Kier molecular flexibility index (Phi) is 7.97. The number of methoxy groups -OCH3 is 1. The molecule has 2 fully saturated rings. The highest BCUT2D eigenvalue weighted by molar-refractivity contribution is 14.2. The fourth-order valence-electron chi connectivity index (χ4n) is 5.30. The lowest BCUT2D eigenvalue weighted by Crippen LogP contribution is -2.49. The summed E-state index contributed by atoms with van der Waals surface area (Å²) in [6.45, 7) is 0.418. The number of nitrogens with one attached hydrogen (secondary N) is 1. The molecule has 5 rings (SSSR count). The second kappa shape index (κ2) is 11.2. The third-order valence-electron chi connectivity index (χ3n) is 7.02. The van der Waals surface area contributed by atoms with E-state index in [1.807, 2.05) is 23.1 Å². The Hall–Kier alpha value is -2.30. The predicted molar refractivity (Wildman–Crippen MR) is 149 cm³/mol. The first-order valence-corrected chi connectivity index (χ1v) is 16.3. The van der Waals surface area contributed by atoms with Crippen molar-refractivity contribution < 1.29 is 18.7 Å². The van der Waals surface area contributed by atoms with Gasteiger partial charge in [0.05, 0.1) is 25.4 Å². The van der Waals surface area contributed by atoms with Crippen molar-refractivity contribution in [2.45, 2.75) is 44.3 Å². The van der Waals surface area contributed by atoms with E-state index in [0.29, 0.717) is 30.1 Å². The summed E-state index contributed by atoms with van der Waals surface area (Å²) in [6, 6.07) is 10.5. The van der Waals surface area contributed by atoms with Crippen LogP contribution in [0.1, 0.15) is 41.7 Å². The number of pyridine rings is 1. The number of aromatic nitrogens is 3. The average Bonchev–Trinajstić information content (AvgIpc) is 3.45. The minimum Gasteiger partial charge on any atom is -0.481 e. The number of rotatable bonds is 7. The van der Waals surface area contributed by atoms with Crippen molar-refractivity contribution in [3.63, 3.8) is 0 Å². The van der Waals surface area contributed by atoms with Crippen molar-refractivity contribution in [1.82, 2.24) is 24.8 Å². The zero-order valence-electron chi connectivity index (χ0n) is 20.0. The Morgan fingerprint density at radius 1 is 1.24 bits per heavy atom. The van der Waals surface area contributed by atoms with Crippen molar-refractivity contribution in [2.24, 2.45) is 5.92 Å². The summed E-state index contributed by atoms with van der Waals surface area (Å²) in [4.78, 5) is 32.3. The normalized spacial score (nSPS) is 21.0. The van der Waals surface area contributed by atoms with Gasteiger partial charge in [-0.2, -0.15) is 5.10 Å². The van der Waals surface area contributed by atoms with E-state index in [2.05, 4.69) is 37.4 Å². The molecule has 1 N–H and O–H groups in total. The molecule has 2 aliphatic heterocycles. The Morgan fingerprint density at radius 2 is 2.00 bits per heavy atom. The number of amides is 2. The Balaban J connectivity index is 1.30. The maximum absolute atomic E-state index is 14.6. The van der Waals surface area contributed by atoms with Crippen LogP contribution >= 0.6 is 40.0 Å². The summed E-state index contributed by atoms with van der Waals surface area (Å²) < 4.78 is 21.4. The Bertz CT molecular complexity index is 1330. The number of hydrogen-bond donors (Lipinski definition) is 1. The standard InChI is InChI=1S/C25H25ClFIN5O3P/c1-36-23-10-19(20(27)13-29-23)22-11-21(31-33(22)37-28)25(35)32-17-5-6-18(32)9-15(8-17)24(34)30-12-14-3-2-4-16(26)7-14/h2-4,7,10-11,13,15,17-18,37H,5-6,8-9,12H2,1H3,(H,30,34). The third-order valence-corrected chi connectivity index (χ3v) is 9.13. The second-order valence-corrected chi connectivity index (χ2v) is 11.7. The van der Waals surface area contributed by atoms with Crippen molar-refractivity contribution in [3.05, 3.63) is 64.7 Å². The van der Waals surface area contributed by atoms with Gasteiger partial charge in [-0.15, -0.1) is 0 Å². The number of ether oxygens (including phenoxy) is 1. The molecule has 2 amide bonds. The van der Waals surface area contributed by atoms with Gasteiger partial charge in [-0.25, -0.2) is 13.8 Å². The average molecular weight is 656 g/mol. The summed E-state index contributed by atoms with van der Waals surface area (Å²) in [5.41, 5.74) is 2.00. The largest absolute Gasteiger partial charge is 0.481 e. The van der Waals surface area contributed by atoms with Crippen LogP contribution in [-0.4, -0.2) is 50.4 Å². The van der Waals surface area contributed by atoms with Crippen LogP contribution in [0.4, 0.5) is 4.39 Å². The van der Waals surface area contributed by atoms with E-state index < -0.39 is 5.82 Å². The topological polar surface area (TPSA) is 89.4 Å². The van der Waals surface area contributed by atoms with Crippen LogP contribution in [-0.2, 0) is 11.3 Å². The molecule has 2 saturated heterocycles. The molecule has 0 saturated carbocycles. The monoisotopic (exact) mass is 655 g/mol. The number of nitrogens with zero attached hydrogens (tertiary/aromatic N) is 4. The molecule has 0 aliphatic carbocycles. The quantitative estimate of drug-likeness (QED) is 0.278. The van der Waals surface area contributed by atoms with Crippen molar-refractivity contribution >= 4 is 51.8 Å². The molecule has 0 radical (unpaired) electrons. The number of piperidine rings is 1. The Morgan fingerprint density at radius 3 is 2.68 bits per heavy atom. The highest BCUT2D eigenvalue weighted by Gasteiger charge is 2.45. The van der Waals surface area contributed by atoms with Gasteiger partial charge in [-0.05, 0) is 71.5 Å². The van der Waals surface area contributed by atoms with E-state index in [-0.39, 0.29) is 53.3 Å². The lowest BCUT2D eigenvalue weighted by atomic mass is 9.89. The predicted octanol–water partition coefficient (Wildman–Crippen LogP) is 5.24. The SMILES string of the molecule is COc1cc(-c2cc(C(=O)N3C4CCC3CC(C(=O)NCc3cccc(Cl)c3)C4)nn2PI)c(F)cn1. The Labute approximate surface area is 233 Å². The molecule has 194 valence electrons. The summed E-state index contributed by atoms with van der Waals surface area (Å²) in [6.07, 6.45) is 4.20. The van der Waals surface area contributed by atoms with Crippen LogP contribution in [0.25, 0.3) is 11.3 Å². The van der Waals surface area contributed by atoms with Crippen LogP contribution in [0.15, 0.2) is 42.6 Å². The molecular formula is C25H25ClFIN5O3P. The number of carbonyl (C=O) groups excluding carboxylic acids is 2. The first kappa shape index (κ1) is 26.3. The second-order valence-electron chi connectivity index (χ2n) is 9.23. The maximum Gasteiger partial charge on any atom is 0.274 e. The van der Waals surface area contributed by atoms with Gasteiger partial charge in [0.25, 0.3) is 5.91 Å². The molecule has 1 aromatic carbocycles. The van der Waals surface area contributed by atoms with Crippen molar-refractivity contribution in [2.75, 3.05) is 7.11 Å². The van der Waals surface area contributed by atoms with Gasteiger partial charge < -0.3 is 15.0 Å². The number of hydrogen-bond acceptors (Lipinski definition) is 5. The molecule has 2 aliphatic rings. The molecule has 8 nitrogen and oxygen atoms in total. The zero-order valence-corrected chi connectivity index (χ0v) is 23.9. The summed E-state index contributed by atoms with van der Waals surface area (Å²) in [7, 11) is 1.47. The molecule has 0 spiro atoms. The fraction of sp³-hybridized carbons (Fsp3) is 0.360. The van der Waals surface area contributed by atoms with E-state index in [1.54, 1.807) is 16.6 Å². The highest BCUT2D eigenvalue weighted by atomic mass is 127. The van der Waals surface area contributed by atoms with Gasteiger partial charge in [0.2, 0.25) is 11.8 Å². The van der Waals surface area contributed by atoms with Gasteiger partial charge in [0.15, 0.2) is 11.5 Å². The van der Waals surface area contributed by atoms with E-state index in [4.69, 9.17) is 16.3 Å². The first-order chi connectivity index (χ1) is 17.9. The summed E-state index contributed by atoms with van der Waals surface area (Å²) >= 11 is 8.20. The van der Waals surface area contributed by atoms with Gasteiger partial charge in [0, 0.05) is 41.2 Å². The minimum atomic E-state index is -0.514. The van der Waals surface area contributed by atoms with Gasteiger partial charge in [-0.1, -0.05) is 23.7 Å². The number of carbonyl (C=O) groups is 2. The molecular weight excluding hydrogens is 631 g/mol. The number of fused-ring (bicyclic) bond motifs is 2. The van der Waals surface area contributed by atoms with Gasteiger partial charge in [-0.3, -0.25) is 9.59 Å². The molecule has 2 aromatic heterocycles. The molecule has 37 heavy (non-hydrogen) atoms. The molecule has 3 aromatic rings. The first-order valence-electron chi connectivity index (χ1n) is 11.9. The lowest BCUT2D eigenvalue weighted by molar-refractivity contribution is -0.127. The van der Waals surface area contributed by atoms with Crippen LogP contribution in [0.5, 0.6) is 5.88 Å². The molecule has 4 heterocycles. The summed E-state index contributed by atoms with van der Waals surface area (Å²) in [5.74, 6) is -0.559. The van der Waals surface area contributed by atoms with Gasteiger partial charge >= 0.3 is 0 Å². The van der Waals surface area contributed by atoms with Crippen LogP contribution < -0.4 is 10.1 Å². The van der Waals surface area contributed by atoms with E-state index >= 15 is 0 Å². The van der Waals surface area contributed by atoms with Crippen LogP contribution in [0.3, 0.4) is 0 Å². The van der Waals surface area contributed by atoms with E-state index in [1.165, 1.54) is 13.2 Å². The van der Waals surface area contributed by atoms with Crippen LogP contribution in [0, 0.1) is 11.7 Å². The summed E-state index contributed by atoms with van der Waals surface area (Å²) in [5, 5.41) is 8.17. The van der Waals surface area contributed by atoms with Crippen molar-refractivity contribution in [1.29, 1.82) is 0 Å². The molecule has 12 heteroatoms. The third kappa shape index (κ3) is 5.47. The van der Waals surface area contributed by atoms with E-state index in [0.717, 1.165) is 24.6 Å². The van der Waals surface area contributed by atoms with E-state index in [9.17, 15) is 14.0 Å². The smallest absolute Gasteiger partial charge is 0.274 e. The van der Waals surface area contributed by atoms with Gasteiger partial charge in [0.1, 0.15) is 0 Å². The van der Waals surface area contributed by atoms with Crippen molar-refractivity contribution in [3.8, 4) is 17.1 Å². The maximum atomic E-state index is 14.6. The lowest BCUT2D eigenvalue weighted by Gasteiger charge is -2.38. The van der Waals surface area contributed by atoms with Crippen LogP contribution in [0.2, 0.25) is 5.02 Å². The molecule has 2 bridgehead atoms. The number of benzene rings is 1. The minimum absolute atomic E-state index is 0.00348. The highest BCUT2D eigenvalue weighted by Crippen LogP contribution is 2.41. The fourth-order valence-corrected chi connectivity index (χ4v) is 7.04. The molecule has 3 atom stereocenters.